The summed E-state index contributed by atoms with van der Waals surface area (Å²) in [6.07, 6.45) is -2.99. The number of carboxylic acids is 1. The van der Waals surface area contributed by atoms with Gasteiger partial charge in [0.1, 0.15) is 5.01 Å². The summed E-state index contributed by atoms with van der Waals surface area (Å²) in [6.45, 7) is -0.130. The predicted molar refractivity (Wildman–Crippen MR) is 67.5 cm³/mol. The molecule has 0 aromatic carbocycles. The van der Waals surface area contributed by atoms with Gasteiger partial charge in [0.2, 0.25) is 5.91 Å². The lowest BCUT2D eigenvalue weighted by Gasteiger charge is -2.36. The fraction of sp³-hybridized carbons (Fsp3) is 0.583. The number of hydrogen-bond donors (Lipinski definition) is 2. The number of thiazole rings is 1. The van der Waals surface area contributed by atoms with E-state index in [1.165, 1.54) is 0 Å². The normalized spacial score (nSPS) is 17.1. The quantitative estimate of drug-likeness (QED) is 0.872. The minimum atomic E-state index is -4.50. The van der Waals surface area contributed by atoms with Crippen molar-refractivity contribution < 1.29 is 27.9 Å². The zero-order valence-corrected chi connectivity index (χ0v) is 11.7. The van der Waals surface area contributed by atoms with Crippen LogP contribution in [0.4, 0.5) is 13.2 Å². The molecule has 0 saturated heterocycles. The summed E-state index contributed by atoms with van der Waals surface area (Å²) in [5.74, 6) is -1.49. The predicted octanol–water partition coefficient (Wildman–Crippen LogP) is 2.42. The van der Waals surface area contributed by atoms with Gasteiger partial charge >= 0.3 is 12.1 Å². The van der Waals surface area contributed by atoms with Crippen molar-refractivity contribution in [3.05, 3.63) is 16.1 Å². The van der Waals surface area contributed by atoms with Crippen molar-refractivity contribution in [2.75, 3.05) is 0 Å². The van der Waals surface area contributed by atoms with E-state index < -0.39 is 29.2 Å². The molecule has 0 aliphatic heterocycles. The van der Waals surface area contributed by atoms with Crippen LogP contribution in [-0.4, -0.2) is 22.0 Å². The van der Waals surface area contributed by atoms with Gasteiger partial charge in [-0.15, -0.1) is 11.3 Å². The van der Waals surface area contributed by atoms with Crippen LogP contribution in [0.1, 0.15) is 36.4 Å². The molecular formula is C12H13F3N2O3S. The second-order valence-electron chi connectivity index (χ2n) is 5.02. The molecule has 1 aliphatic carbocycles. The third-order valence-electron chi connectivity index (χ3n) is 3.54. The average Bonchev–Trinajstić information content (AvgIpc) is 2.79. The van der Waals surface area contributed by atoms with E-state index in [4.69, 9.17) is 5.11 Å². The van der Waals surface area contributed by atoms with E-state index in [1.54, 1.807) is 0 Å². The Hall–Kier alpha value is -1.64. The van der Waals surface area contributed by atoms with Gasteiger partial charge in [0, 0.05) is 11.8 Å². The molecule has 0 radical (unpaired) electrons. The molecule has 9 heteroatoms. The van der Waals surface area contributed by atoms with E-state index in [0.29, 0.717) is 12.8 Å². The van der Waals surface area contributed by atoms with Gasteiger partial charge < -0.3 is 10.4 Å². The minimum absolute atomic E-state index is 0.130. The summed E-state index contributed by atoms with van der Waals surface area (Å²) in [4.78, 5) is 26.2. The molecule has 1 aromatic rings. The number of aliphatic carboxylic acids is 1. The number of carbonyl (C=O) groups is 2. The first kappa shape index (κ1) is 15.7. The highest BCUT2D eigenvalue weighted by Gasteiger charge is 2.45. The molecule has 21 heavy (non-hydrogen) atoms. The van der Waals surface area contributed by atoms with Crippen LogP contribution in [-0.2, 0) is 22.3 Å². The van der Waals surface area contributed by atoms with Crippen molar-refractivity contribution >= 4 is 23.2 Å². The number of nitrogens with one attached hydrogen (secondary N) is 1. The molecule has 1 amide bonds. The third-order valence-corrected chi connectivity index (χ3v) is 4.39. The van der Waals surface area contributed by atoms with Gasteiger partial charge in [0.15, 0.2) is 5.69 Å². The SMILES string of the molecule is O=C(CC1(C(=O)O)CCC1)NCc1nc(C(F)(F)F)cs1. The number of halogens is 3. The molecule has 0 spiro atoms. The maximum Gasteiger partial charge on any atom is 0.434 e. The molecule has 0 unspecified atom stereocenters. The molecule has 2 N–H and O–H groups in total. The first-order valence-corrected chi connectivity index (χ1v) is 7.13. The number of nitrogens with zero attached hydrogens (tertiary/aromatic N) is 1. The molecule has 1 fully saturated rings. The number of aromatic nitrogens is 1. The fourth-order valence-corrected chi connectivity index (χ4v) is 2.88. The highest BCUT2D eigenvalue weighted by molar-refractivity contribution is 7.09. The zero-order chi connectivity index (χ0) is 15.7. The maximum absolute atomic E-state index is 12.4. The molecule has 0 bridgehead atoms. The van der Waals surface area contributed by atoms with Gasteiger partial charge in [-0.1, -0.05) is 6.42 Å². The lowest BCUT2D eigenvalue weighted by atomic mass is 9.66. The summed E-state index contributed by atoms with van der Waals surface area (Å²) in [5, 5.41) is 12.5. The standard InChI is InChI=1S/C12H13F3N2O3S/c13-12(14,15)7-6-21-9(17-7)5-16-8(18)4-11(10(19)20)2-1-3-11/h6H,1-5H2,(H,16,18)(H,19,20). The van der Waals surface area contributed by atoms with Gasteiger partial charge in [-0.25, -0.2) is 4.98 Å². The van der Waals surface area contributed by atoms with Crippen molar-refractivity contribution in [3.8, 4) is 0 Å². The maximum atomic E-state index is 12.4. The van der Waals surface area contributed by atoms with Crippen molar-refractivity contribution in [2.24, 2.45) is 5.41 Å². The highest BCUT2D eigenvalue weighted by atomic mass is 32.1. The Labute approximate surface area is 122 Å². The fourth-order valence-electron chi connectivity index (χ4n) is 2.14. The topological polar surface area (TPSA) is 79.3 Å². The van der Waals surface area contributed by atoms with E-state index in [9.17, 15) is 22.8 Å². The van der Waals surface area contributed by atoms with E-state index in [0.717, 1.165) is 23.1 Å². The Bertz CT molecular complexity index is 552. The van der Waals surface area contributed by atoms with Crippen molar-refractivity contribution in [3.63, 3.8) is 0 Å². The van der Waals surface area contributed by atoms with Crippen LogP contribution < -0.4 is 5.32 Å². The number of carbonyl (C=O) groups excluding carboxylic acids is 1. The van der Waals surface area contributed by atoms with Gasteiger partial charge in [0.25, 0.3) is 0 Å². The Morgan fingerprint density at radius 2 is 2.10 bits per heavy atom. The summed E-state index contributed by atoms with van der Waals surface area (Å²) in [7, 11) is 0. The number of amides is 1. The summed E-state index contributed by atoms with van der Waals surface area (Å²) < 4.78 is 37.1. The molecule has 5 nitrogen and oxygen atoms in total. The van der Waals surface area contributed by atoms with Crippen molar-refractivity contribution in [1.82, 2.24) is 10.3 Å². The lowest BCUT2D eigenvalue weighted by molar-refractivity contribution is -0.157. The third kappa shape index (κ3) is 3.52. The molecule has 1 saturated carbocycles. The van der Waals surface area contributed by atoms with Crippen LogP contribution in [0.15, 0.2) is 5.38 Å². The van der Waals surface area contributed by atoms with E-state index in [-0.39, 0.29) is 18.0 Å². The van der Waals surface area contributed by atoms with Crippen LogP contribution in [0, 0.1) is 5.41 Å². The van der Waals surface area contributed by atoms with Crippen LogP contribution in [0.2, 0.25) is 0 Å². The molecule has 1 aliphatic rings. The molecule has 116 valence electrons. The van der Waals surface area contributed by atoms with E-state index in [2.05, 4.69) is 10.3 Å². The second-order valence-corrected chi connectivity index (χ2v) is 5.96. The Morgan fingerprint density at radius 3 is 2.52 bits per heavy atom. The van der Waals surface area contributed by atoms with Gasteiger partial charge in [0.05, 0.1) is 12.0 Å². The molecule has 1 aromatic heterocycles. The summed E-state index contributed by atoms with van der Waals surface area (Å²) >= 11 is 0.800. The average molecular weight is 322 g/mol. The van der Waals surface area contributed by atoms with Gasteiger partial charge in [-0.2, -0.15) is 13.2 Å². The van der Waals surface area contributed by atoms with Crippen LogP contribution >= 0.6 is 11.3 Å². The molecule has 2 rings (SSSR count). The van der Waals surface area contributed by atoms with E-state index in [1.807, 2.05) is 0 Å². The lowest BCUT2D eigenvalue weighted by Crippen LogP contribution is -2.42. The first-order valence-electron chi connectivity index (χ1n) is 6.25. The Morgan fingerprint density at radius 1 is 1.43 bits per heavy atom. The molecule has 0 atom stereocenters. The second kappa shape index (κ2) is 5.63. The monoisotopic (exact) mass is 322 g/mol. The Balaban J connectivity index is 1.87. The first-order chi connectivity index (χ1) is 9.73. The number of hydrogen-bond acceptors (Lipinski definition) is 4. The van der Waals surface area contributed by atoms with Crippen molar-refractivity contribution in [1.29, 1.82) is 0 Å². The smallest absolute Gasteiger partial charge is 0.434 e. The van der Waals surface area contributed by atoms with Gasteiger partial charge in [-0.05, 0) is 12.8 Å². The number of alkyl halides is 3. The minimum Gasteiger partial charge on any atom is -0.481 e. The molecule has 1 heterocycles. The zero-order valence-electron chi connectivity index (χ0n) is 10.9. The van der Waals surface area contributed by atoms with E-state index >= 15 is 0 Å². The number of carboxylic acid groups (broad SMARTS) is 1. The number of rotatable bonds is 5. The summed E-state index contributed by atoms with van der Waals surface area (Å²) in [6, 6.07) is 0. The summed E-state index contributed by atoms with van der Waals surface area (Å²) in [5.41, 5.74) is -2.00. The largest absolute Gasteiger partial charge is 0.481 e. The van der Waals surface area contributed by atoms with Gasteiger partial charge in [-0.3, -0.25) is 9.59 Å². The van der Waals surface area contributed by atoms with Crippen LogP contribution in [0.3, 0.4) is 0 Å². The Kier molecular flexibility index (Phi) is 4.22. The highest BCUT2D eigenvalue weighted by Crippen LogP contribution is 2.44. The molecular weight excluding hydrogens is 309 g/mol. The van der Waals surface area contributed by atoms with Crippen LogP contribution in [0.25, 0.3) is 0 Å². The van der Waals surface area contributed by atoms with Crippen LogP contribution in [0.5, 0.6) is 0 Å². The van der Waals surface area contributed by atoms with Crippen molar-refractivity contribution in [2.45, 2.75) is 38.4 Å².